The van der Waals surface area contributed by atoms with Gasteiger partial charge in [0, 0.05) is 7.11 Å². The number of hydrogen-bond acceptors (Lipinski definition) is 4. The van der Waals surface area contributed by atoms with E-state index in [-0.39, 0.29) is 6.54 Å². The fourth-order valence-electron chi connectivity index (χ4n) is 3.05. The molecule has 0 fully saturated rings. The first kappa shape index (κ1) is 30.3. The molecule has 0 bridgehead atoms. The Labute approximate surface area is 184 Å². The number of hydrogen-bond donors (Lipinski definition) is 1. The summed E-state index contributed by atoms with van der Waals surface area (Å²) in [4.78, 5) is 19.6. The van der Waals surface area contributed by atoms with Crippen molar-refractivity contribution in [2.75, 3.05) is 20.8 Å². The second-order valence-electron chi connectivity index (χ2n) is 8.10. The lowest BCUT2D eigenvalue weighted by atomic mass is 9.89. The Morgan fingerprint density at radius 1 is 1.07 bits per heavy atom. The molecular formula is C25H45NO4. The van der Waals surface area contributed by atoms with E-state index in [0.717, 1.165) is 5.92 Å². The van der Waals surface area contributed by atoms with E-state index in [0.29, 0.717) is 24.3 Å². The molecule has 1 aromatic rings. The van der Waals surface area contributed by atoms with Gasteiger partial charge in [-0.1, -0.05) is 89.8 Å². The molecule has 0 radical (unpaired) electrons. The highest BCUT2D eigenvalue weighted by Gasteiger charge is 2.19. The molecule has 1 N–H and O–H groups in total. The summed E-state index contributed by atoms with van der Waals surface area (Å²) in [7, 11) is 3.10. The fraction of sp³-hybridized carbons (Fsp3) is 0.680. The summed E-state index contributed by atoms with van der Waals surface area (Å²) in [5, 5.41) is 2.14. The Morgan fingerprint density at radius 2 is 1.67 bits per heavy atom. The molecule has 5 heteroatoms. The monoisotopic (exact) mass is 423 g/mol. The molecule has 0 aromatic heterocycles. The molecule has 30 heavy (non-hydrogen) atoms. The Morgan fingerprint density at radius 3 is 2.03 bits per heavy atom. The highest BCUT2D eigenvalue weighted by molar-refractivity contribution is 5.73. The lowest BCUT2D eigenvalue weighted by Crippen LogP contribution is -2.26. The topological polar surface area (TPSA) is 64.6 Å². The number of ether oxygens (including phenoxy) is 2. The highest BCUT2D eigenvalue weighted by Crippen LogP contribution is 2.22. The Hall–Kier alpha value is -1.88. The molecule has 0 saturated heterocycles. The molecule has 0 saturated carbocycles. The van der Waals surface area contributed by atoms with E-state index in [1.165, 1.54) is 38.4 Å². The Balaban J connectivity index is 0. The largest absolute Gasteiger partial charge is 0.468 e. The molecule has 1 aromatic carbocycles. The molecule has 0 aliphatic rings. The number of benzene rings is 1. The van der Waals surface area contributed by atoms with E-state index in [2.05, 4.69) is 63.7 Å². The van der Waals surface area contributed by atoms with Crippen LogP contribution in [0.25, 0.3) is 0 Å². The van der Waals surface area contributed by atoms with Crippen molar-refractivity contribution in [3.8, 4) is 0 Å². The van der Waals surface area contributed by atoms with Crippen molar-refractivity contribution in [3.63, 3.8) is 0 Å². The highest BCUT2D eigenvalue weighted by atomic mass is 16.5. The summed E-state index contributed by atoms with van der Waals surface area (Å²) in [6, 6.07) is 10.3. The minimum absolute atomic E-state index is 0.0556. The van der Waals surface area contributed by atoms with E-state index in [1.54, 1.807) is 0 Å². The maximum absolute atomic E-state index is 10.1. The number of carbonyl (C=O) groups is 2. The van der Waals surface area contributed by atoms with E-state index in [1.807, 2.05) is 25.3 Å². The third-order valence-corrected chi connectivity index (χ3v) is 5.04. The average molecular weight is 424 g/mol. The maximum Gasteiger partial charge on any atom is 0.325 e. The predicted octanol–water partition coefficient (Wildman–Crippen LogP) is 5.41. The van der Waals surface area contributed by atoms with Crippen LogP contribution < -0.4 is 5.32 Å². The number of amides is 1. The molecule has 3 atom stereocenters. The van der Waals surface area contributed by atoms with Gasteiger partial charge < -0.3 is 14.8 Å². The Kier molecular flexibility index (Phi) is 20.6. The second-order valence-corrected chi connectivity index (χ2v) is 8.10. The lowest BCUT2D eigenvalue weighted by molar-refractivity contribution is -0.140. The number of aryl methyl sites for hydroxylation is 1. The maximum atomic E-state index is 10.1. The minimum atomic E-state index is -0.447. The standard InChI is InChI=1S/C14H30O.C7H8.C4H7NO3/c1-7-12(4)9-8-10-13(5)14(15-6)11(2)3;1-7-5-3-2-4-6-7;1-8-4(7)2-5-3-6/h11-14H,7-10H2,1-6H3;2-6H,1H3;3H,2H2,1H3,(H,5,6). The summed E-state index contributed by atoms with van der Waals surface area (Å²) in [5.41, 5.74) is 1.32. The number of nitrogens with one attached hydrogen (secondary N) is 1. The van der Waals surface area contributed by atoms with Crippen molar-refractivity contribution >= 4 is 12.4 Å². The van der Waals surface area contributed by atoms with Gasteiger partial charge in [0.25, 0.3) is 0 Å². The van der Waals surface area contributed by atoms with Gasteiger partial charge in [-0.05, 0) is 31.1 Å². The van der Waals surface area contributed by atoms with Crippen LogP contribution in [-0.4, -0.2) is 39.2 Å². The summed E-state index contributed by atoms with van der Waals surface area (Å²) >= 11 is 0. The van der Waals surface area contributed by atoms with Crippen molar-refractivity contribution < 1.29 is 19.1 Å². The van der Waals surface area contributed by atoms with Crippen LogP contribution in [0.1, 0.15) is 65.9 Å². The molecule has 1 amide bonds. The third-order valence-electron chi connectivity index (χ3n) is 5.04. The van der Waals surface area contributed by atoms with Crippen LogP contribution in [-0.2, 0) is 19.1 Å². The molecule has 0 aliphatic heterocycles. The zero-order chi connectivity index (χ0) is 23.4. The zero-order valence-electron chi connectivity index (χ0n) is 20.4. The minimum Gasteiger partial charge on any atom is -0.468 e. The smallest absolute Gasteiger partial charge is 0.325 e. The molecule has 0 heterocycles. The Bertz CT molecular complexity index is 519. The first-order valence-corrected chi connectivity index (χ1v) is 11.0. The molecule has 5 nitrogen and oxygen atoms in total. The van der Waals surface area contributed by atoms with Crippen LogP contribution in [0.15, 0.2) is 30.3 Å². The number of carbonyl (C=O) groups excluding carboxylic acids is 2. The van der Waals surface area contributed by atoms with Gasteiger partial charge in [0.15, 0.2) is 0 Å². The van der Waals surface area contributed by atoms with E-state index in [4.69, 9.17) is 4.74 Å². The van der Waals surface area contributed by atoms with Gasteiger partial charge in [0.1, 0.15) is 6.54 Å². The number of methoxy groups -OCH3 is 2. The van der Waals surface area contributed by atoms with Crippen molar-refractivity contribution in [1.29, 1.82) is 0 Å². The molecule has 3 unspecified atom stereocenters. The molecule has 1 rings (SSSR count). The van der Waals surface area contributed by atoms with Crippen LogP contribution in [0, 0.1) is 24.7 Å². The van der Waals surface area contributed by atoms with Crippen molar-refractivity contribution in [1.82, 2.24) is 5.32 Å². The fourth-order valence-corrected chi connectivity index (χ4v) is 3.05. The summed E-state index contributed by atoms with van der Waals surface area (Å²) in [6.07, 6.45) is 6.21. The van der Waals surface area contributed by atoms with Crippen LogP contribution >= 0.6 is 0 Å². The first-order valence-electron chi connectivity index (χ1n) is 11.0. The van der Waals surface area contributed by atoms with Crippen LogP contribution in [0.4, 0.5) is 0 Å². The van der Waals surface area contributed by atoms with Gasteiger partial charge >= 0.3 is 5.97 Å². The molecular weight excluding hydrogens is 378 g/mol. The molecule has 0 aliphatic carbocycles. The summed E-state index contributed by atoms with van der Waals surface area (Å²) < 4.78 is 9.75. The lowest BCUT2D eigenvalue weighted by Gasteiger charge is -2.26. The quantitative estimate of drug-likeness (QED) is 0.382. The normalized spacial score (nSPS) is 13.0. The first-order chi connectivity index (χ1) is 14.2. The molecule has 0 spiro atoms. The van der Waals surface area contributed by atoms with Gasteiger partial charge in [-0.2, -0.15) is 0 Å². The average Bonchev–Trinajstić information content (AvgIpc) is 2.73. The summed E-state index contributed by atoms with van der Waals surface area (Å²) in [5.74, 6) is 1.77. The third kappa shape index (κ3) is 18.2. The van der Waals surface area contributed by atoms with Gasteiger partial charge in [0.05, 0.1) is 13.2 Å². The van der Waals surface area contributed by atoms with Crippen molar-refractivity contribution in [2.45, 2.75) is 73.3 Å². The van der Waals surface area contributed by atoms with Crippen molar-refractivity contribution in [2.24, 2.45) is 17.8 Å². The van der Waals surface area contributed by atoms with Gasteiger partial charge in [0.2, 0.25) is 6.41 Å². The second kappa shape index (κ2) is 20.4. The van der Waals surface area contributed by atoms with E-state index >= 15 is 0 Å². The van der Waals surface area contributed by atoms with Crippen molar-refractivity contribution in [3.05, 3.63) is 35.9 Å². The van der Waals surface area contributed by atoms with Gasteiger partial charge in [-0.3, -0.25) is 9.59 Å². The van der Waals surface area contributed by atoms with Crippen LogP contribution in [0.3, 0.4) is 0 Å². The van der Waals surface area contributed by atoms with E-state index < -0.39 is 5.97 Å². The van der Waals surface area contributed by atoms with Gasteiger partial charge in [-0.15, -0.1) is 0 Å². The predicted molar refractivity (Wildman–Crippen MR) is 125 cm³/mol. The van der Waals surface area contributed by atoms with E-state index in [9.17, 15) is 9.59 Å². The van der Waals surface area contributed by atoms with Crippen LogP contribution in [0.2, 0.25) is 0 Å². The summed E-state index contributed by atoms with van der Waals surface area (Å²) in [6.45, 7) is 13.5. The molecule has 174 valence electrons. The van der Waals surface area contributed by atoms with Gasteiger partial charge in [-0.25, -0.2) is 0 Å². The number of rotatable bonds is 11. The number of esters is 1. The zero-order valence-corrected chi connectivity index (χ0v) is 20.4. The SMILES string of the molecule is CCC(C)CCCC(C)C(OC)C(C)C.COC(=O)CNC=O.Cc1ccccc1. The van der Waals surface area contributed by atoms with Crippen LogP contribution in [0.5, 0.6) is 0 Å².